The van der Waals surface area contributed by atoms with E-state index >= 15 is 0 Å². The molecule has 0 atom stereocenters. The van der Waals surface area contributed by atoms with E-state index in [0.717, 1.165) is 6.42 Å². The number of hydrogen-bond donors (Lipinski definition) is 1. The van der Waals surface area contributed by atoms with Crippen LogP contribution >= 0.6 is 0 Å². The molecule has 0 aliphatic rings. The Balaban J connectivity index is 2.53. The summed E-state index contributed by atoms with van der Waals surface area (Å²) in [6.45, 7) is 1.97. The maximum atomic E-state index is 11.2. The van der Waals surface area contributed by atoms with Crippen molar-refractivity contribution in [1.29, 1.82) is 0 Å². The van der Waals surface area contributed by atoms with Crippen LogP contribution < -0.4 is 9.47 Å². The van der Waals surface area contributed by atoms with Crippen LogP contribution in [-0.2, 0) is 6.42 Å². The van der Waals surface area contributed by atoms with Crippen LogP contribution in [0.2, 0.25) is 0 Å². The molecule has 0 saturated carbocycles. The van der Waals surface area contributed by atoms with Gasteiger partial charge in [-0.05, 0) is 18.6 Å². The summed E-state index contributed by atoms with van der Waals surface area (Å²) in [5.41, 5.74) is 1.22. The van der Waals surface area contributed by atoms with Crippen LogP contribution in [0.5, 0.6) is 11.5 Å². The van der Waals surface area contributed by atoms with Crippen molar-refractivity contribution in [3.63, 3.8) is 0 Å². The van der Waals surface area contributed by atoms with Crippen LogP contribution in [0.3, 0.4) is 0 Å². The first kappa shape index (κ1) is 14.8. The number of benzene rings is 1. The van der Waals surface area contributed by atoms with Gasteiger partial charge in [-0.15, -0.1) is 5.10 Å². The van der Waals surface area contributed by atoms with E-state index in [9.17, 15) is 9.90 Å². The quantitative estimate of drug-likeness (QED) is 0.875. The number of aromatic carboxylic acids is 1. The third kappa shape index (κ3) is 2.81. The van der Waals surface area contributed by atoms with Gasteiger partial charge in [0.05, 0.1) is 25.6 Å². The molecule has 7 heteroatoms. The summed E-state index contributed by atoms with van der Waals surface area (Å²) in [7, 11) is 3.09. The molecule has 7 nitrogen and oxygen atoms in total. The zero-order valence-electron chi connectivity index (χ0n) is 12.2. The second kappa shape index (κ2) is 6.25. The maximum Gasteiger partial charge on any atom is 0.358 e. The Hall–Kier alpha value is -2.57. The number of carbonyl (C=O) groups is 1. The molecule has 1 aromatic heterocycles. The first-order chi connectivity index (χ1) is 10.1. The SMILES string of the molecule is CCCc1c(C(=O)O)nnn1-c1ccc(OC)c(OC)c1. The minimum atomic E-state index is -1.08. The normalized spacial score (nSPS) is 10.4. The van der Waals surface area contributed by atoms with Crippen LogP contribution in [0.15, 0.2) is 18.2 Å². The molecular weight excluding hydrogens is 274 g/mol. The van der Waals surface area contributed by atoms with Crippen LogP contribution in [0, 0.1) is 0 Å². The van der Waals surface area contributed by atoms with E-state index in [4.69, 9.17) is 9.47 Å². The highest BCUT2D eigenvalue weighted by Gasteiger charge is 2.19. The van der Waals surface area contributed by atoms with Crippen molar-refractivity contribution in [1.82, 2.24) is 15.0 Å². The van der Waals surface area contributed by atoms with E-state index in [1.165, 1.54) is 4.68 Å². The van der Waals surface area contributed by atoms with Gasteiger partial charge in [0.2, 0.25) is 0 Å². The van der Waals surface area contributed by atoms with Gasteiger partial charge in [-0.2, -0.15) is 0 Å². The lowest BCUT2D eigenvalue weighted by atomic mass is 10.2. The average Bonchev–Trinajstić information content (AvgIpc) is 2.91. The summed E-state index contributed by atoms with van der Waals surface area (Å²) in [5, 5.41) is 16.9. The lowest BCUT2D eigenvalue weighted by molar-refractivity contribution is 0.0689. The molecule has 21 heavy (non-hydrogen) atoms. The van der Waals surface area contributed by atoms with E-state index < -0.39 is 5.97 Å². The van der Waals surface area contributed by atoms with E-state index in [1.807, 2.05) is 6.92 Å². The number of ether oxygens (including phenoxy) is 2. The smallest absolute Gasteiger partial charge is 0.358 e. The second-order valence-electron chi connectivity index (χ2n) is 4.39. The molecule has 2 aromatic rings. The molecule has 0 amide bonds. The number of hydrogen-bond acceptors (Lipinski definition) is 5. The molecule has 1 heterocycles. The molecule has 0 fully saturated rings. The van der Waals surface area contributed by atoms with Gasteiger partial charge in [-0.1, -0.05) is 18.6 Å². The zero-order valence-corrected chi connectivity index (χ0v) is 12.2. The Kier molecular flexibility index (Phi) is 4.42. The van der Waals surface area contributed by atoms with Gasteiger partial charge in [0.1, 0.15) is 0 Å². The van der Waals surface area contributed by atoms with Gasteiger partial charge >= 0.3 is 5.97 Å². The van der Waals surface area contributed by atoms with Gasteiger partial charge in [0.25, 0.3) is 0 Å². The van der Waals surface area contributed by atoms with Crippen molar-refractivity contribution < 1.29 is 19.4 Å². The molecule has 0 spiro atoms. The maximum absolute atomic E-state index is 11.2. The molecule has 0 radical (unpaired) electrons. The molecular formula is C14H17N3O4. The summed E-state index contributed by atoms with van der Waals surface area (Å²) < 4.78 is 12.0. The van der Waals surface area contributed by atoms with Gasteiger partial charge in [0.15, 0.2) is 17.2 Å². The Morgan fingerprint density at radius 1 is 1.29 bits per heavy atom. The summed E-state index contributed by atoms with van der Waals surface area (Å²) in [5.74, 6) is 0.0619. The van der Waals surface area contributed by atoms with E-state index in [0.29, 0.717) is 29.3 Å². The third-order valence-electron chi connectivity index (χ3n) is 3.06. The van der Waals surface area contributed by atoms with Crippen LogP contribution in [-0.4, -0.2) is 40.3 Å². The number of nitrogens with zero attached hydrogens (tertiary/aromatic N) is 3. The molecule has 0 aliphatic heterocycles. The lowest BCUT2D eigenvalue weighted by Gasteiger charge is -2.11. The van der Waals surface area contributed by atoms with E-state index in [2.05, 4.69) is 10.3 Å². The summed E-state index contributed by atoms with van der Waals surface area (Å²) >= 11 is 0. The standard InChI is InChI=1S/C14H17N3O4/c1-4-5-10-13(14(18)19)15-16-17(10)9-6-7-11(20-2)12(8-9)21-3/h6-8H,4-5H2,1-3H3,(H,18,19). The predicted molar refractivity (Wildman–Crippen MR) is 75.4 cm³/mol. The van der Waals surface area contributed by atoms with Gasteiger partial charge in [0, 0.05) is 6.07 Å². The summed E-state index contributed by atoms with van der Waals surface area (Å²) in [6, 6.07) is 5.26. The fourth-order valence-corrected chi connectivity index (χ4v) is 2.09. The Bertz CT molecular complexity index is 652. The average molecular weight is 291 g/mol. The number of rotatable bonds is 6. The van der Waals surface area contributed by atoms with Crippen molar-refractivity contribution >= 4 is 5.97 Å². The summed E-state index contributed by atoms with van der Waals surface area (Å²) in [4.78, 5) is 11.2. The Morgan fingerprint density at radius 2 is 2.00 bits per heavy atom. The highest BCUT2D eigenvalue weighted by molar-refractivity contribution is 5.86. The monoisotopic (exact) mass is 291 g/mol. The van der Waals surface area contributed by atoms with Crippen LogP contribution in [0.1, 0.15) is 29.5 Å². The fourth-order valence-electron chi connectivity index (χ4n) is 2.09. The fraction of sp³-hybridized carbons (Fsp3) is 0.357. The van der Waals surface area contributed by atoms with E-state index in [1.54, 1.807) is 32.4 Å². The lowest BCUT2D eigenvalue weighted by Crippen LogP contribution is -2.07. The summed E-state index contributed by atoms with van der Waals surface area (Å²) in [6.07, 6.45) is 1.37. The van der Waals surface area contributed by atoms with Gasteiger partial charge in [-0.25, -0.2) is 9.48 Å². The van der Waals surface area contributed by atoms with E-state index in [-0.39, 0.29) is 5.69 Å². The second-order valence-corrected chi connectivity index (χ2v) is 4.39. The largest absolute Gasteiger partial charge is 0.493 e. The number of aromatic nitrogens is 3. The number of carboxylic acids is 1. The van der Waals surface area contributed by atoms with Crippen molar-refractivity contribution in [3.8, 4) is 17.2 Å². The topological polar surface area (TPSA) is 86.5 Å². The van der Waals surface area contributed by atoms with Crippen molar-refractivity contribution in [2.75, 3.05) is 14.2 Å². The van der Waals surface area contributed by atoms with Crippen LogP contribution in [0.25, 0.3) is 5.69 Å². The molecule has 2 rings (SSSR count). The van der Waals surface area contributed by atoms with Crippen molar-refractivity contribution in [3.05, 3.63) is 29.6 Å². The molecule has 1 aromatic carbocycles. The van der Waals surface area contributed by atoms with Gasteiger partial charge < -0.3 is 14.6 Å². The zero-order chi connectivity index (χ0) is 15.4. The minimum absolute atomic E-state index is 0.0216. The third-order valence-corrected chi connectivity index (χ3v) is 3.06. The first-order valence-corrected chi connectivity index (χ1v) is 6.52. The Labute approximate surface area is 122 Å². The highest BCUT2D eigenvalue weighted by Crippen LogP contribution is 2.29. The molecule has 0 saturated heterocycles. The Morgan fingerprint density at radius 3 is 2.57 bits per heavy atom. The molecule has 112 valence electrons. The highest BCUT2D eigenvalue weighted by atomic mass is 16.5. The van der Waals surface area contributed by atoms with Gasteiger partial charge in [-0.3, -0.25) is 0 Å². The number of carboxylic acid groups (broad SMARTS) is 1. The molecule has 1 N–H and O–H groups in total. The molecule has 0 bridgehead atoms. The molecule has 0 aliphatic carbocycles. The van der Waals surface area contributed by atoms with Crippen molar-refractivity contribution in [2.45, 2.75) is 19.8 Å². The number of methoxy groups -OCH3 is 2. The molecule has 0 unspecified atom stereocenters. The predicted octanol–water partition coefficient (Wildman–Crippen LogP) is 1.94. The van der Waals surface area contributed by atoms with Crippen LogP contribution in [0.4, 0.5) is 0 Å². The first-order valence-electron chi connectivity index (χ1n) is 6.52. The minimum Gasteiger partial charge on any atom is -0.493 e. The van der Waals surface area contributed by atoms with Crippen molar-refractivity contribution in [2.24, 2.45) is 0 Å².